The van der Waals surface area contributed by atoms with Crippen LogP contribution in [-0.2, 0) is 4.74 Å². The first kappa shape index (κ1) is 24.3. The van der Waals surface area contributed by atoms with Crippen molar-refractivity contribution in [2.45, 2.75) is 96.8 Å². The normalized spacial score (nSPS) is 11.2. The van der Waals surface area contributed by atoms with Crippen LogP contribution < -0.4 is 0 Å². The molecule has 1 N–H and O–H groups in total. The van der Waals surface area contributed by atoms with E-state index in [1.165, 1.54) is 82.8 Å². The van der Waals surface area contributed by atoms with Gasteiger partial charge in [-0.05, 0) is 56.4 Å². The number of esters is 1. The van der Waals surface area contributed by atoms with Crippen molar-refractivity contribution >= 4 is 5.97 Å². The van der Waals surface area contributed by atoms with Crippen molar-refractivity contribution in [1.29, 1.82) is 0 Å². The molecule has 0 aliphatic rings. The van der Waals surface area contributed by atoms with Crippen molar-refractivity contribution in [3.05, 3.63) is 42.0 Å². The van der Waals surface area contributed by atoms with Gasteiger partial charge < -0.3 is 9.84 Å². The third-order valence-electron chi connectivity index (χ3n) is 4.99. The molecular weight excluding hydrogens is 348 g/mol. The second kappa shape index (κ2) is 17.3. The van der Waals surface area contributed by atoms with Gasteiger partial charge in [-0.3, -0.25) is 0 Å². The second-order valence-electron chi connectivity index (χ2n) is 7.62. The molecule has 0 aromatic heterocycles. The summed E-state index contributed by atoms with van der Waals surface area (Å²) >= 11 is 0. The predicted molar refractivity (Wildman–Crippen MR) is 118 cm³/mol. The van der Waals surface area contributed by atoms with Gasteiger partial charge in [-0.25, -0.2) is 4.79 Å². The summed E-state index contributed by atoms with van der Waals surface area (Å²) in [5.41, 5.74) is 0.486. The molecular formula is C25H40O3. The highest BCUT2D eigenvalue weighted by Gasteiger charge is 2.06. The Morgan fingerprint density at radius 1 is 0.786 bits per heavy atom. The van der Waals surface area contributed by atoms with Crippen LogP contribution in [-0.4, -0.2) is 17.7 Å². The molecule has 1 aromatic rings. The number of rotatable bonds is 17. The number of phenols is 1. The Balaban J connectivity index is 1.84. The number of phenolic OH excluding ortho intramolecular Hbond substituents is 1. The predicted octanol–water partition coefficient (Wildman–Crippen LogP) is 7.59. The lowest BCUT2D eigenvalue weighted by molar-refractivity contribution is 0.0497. The average molecular weight is 389 g/mol. The quantitative estimate of drug-likeness (QED) is 0.170. The van der Waals surface area contributed by atoms with E-state index in [1.54, 1.807) is 12.1 Å². The van der Waals surface area contributed by atoms with Gasteiger partial charge in [0, 0.05) is 0 Å². The van der Waals surface area contributed by atoms with Crippen LogP contribution in [0.4, 0.5) is 0 Å². The highest BCUT2D eigenvalue weighted by molar-refractivity contribution is 5.89. The topological polar surface area (TPSA) is 46.5 Å². The molecule has 1 aromatic carbocycles. The van der Waals surface area contributed by atoms with Gasteiger partial charge in [0.15, 0.2) is 0 Å². The van der Waals surface area contributed by atoms with E-state index in [-0.39, 0.29) is 11.7 Å². The summed E-state index contributed by atoms with van der Waals surface area (Å²) in [5, 5.41) is 9.21. The molecule has 1 rings (SSSR count). The number of benzene rings is 1. The summed E-state index contributed by atoms with van der Waals surface area (Å²) in [6.45, 7) is 2.73. The van der Waals surface area contributed by atoms with E-state index in [2.05, 4.69) is 19.1 Å². The molecule has 0 aliphatic carbocycles. The van der Waals surface area contributed by atoms with Crippen LogP contribution in [0.1, 0.15) is 107 Å². The van der Waals surface area contributed by atoms with Crippen molar-refractivity contribution in [1.82, 2.24) is 0 Å². The number of allylic oxidation sites excluding steroid dienone is 2. The van der Waals surface area contributed by atoms with Crippen molar-refractivity contribution in [3.63, 3.8) is 0 Å². The fraction of sp³-hybridized carbons (Fsp3) is 0.640. The lowest BCUT2D eigenvalue weighted by Crippen LogP contribution is -2.06. The van der Waals surface area contributed by atoms with E-state index >= 15 is 0 Å². The number of ether oxygens (including phenoxy) is 1. The largest absolute Gasteiger partial charge is 0.508 e. The standard InChI is InChI=1S/C25H40O3/c1-2-3-4-5-6-7-8-9-10-11-12-13-14-15-16-17-22-28-25(27)23-18-20-24(26)21-19-23/h11-12,18-21,26H,2-10,13-17,22H2,1H3/b12-11+. The average Bonchev–Trinajstić information content (AvgIpc) is 2.70. The molecule has 0 radical (unpaired) electrons. The molecule has 0 aliphatic heterocycles. The van der Waals surface area contributed by atoms with Gasteiger partial charge in [-0.15, -0.1) is 0 Å². The Hall–Kier alpha value is -1.77. The van der Waals surface area contributed by atoms with E-state index in [0.29, 0.717) is 12.2 Å². The smallest absolute Gasteiger partial charge is 0.338 e. The van der Waals surface area contributed by atoms with Gasteiger partial charge in [-0.1, -0.05) is 76.9 Å². The number of unbranched alkanes of at least 4 members (excludes halogenated alkanes) is 12. The van der Waals surface area contributed by atoms with Gasteiger partial charge in [-0.2, -0.15) is 0 Å². The van der Waals surface area contributed by atoms with E-state index in [9.17, 15) is 9.90 Å². The summed E-state index contributed by atoms with van der Waals surface area (Å²) in [7, 11) is 0. The van der Waals surface area contributed by atoms with Crippen LogP contribution in [0.3, 0.4) is 0 Å². The molecule has 0 spiro atoms. The van der Waals surface area contributed by atoms with Gasteiger partial charge in [0.05, 0.1) is 12.2 Å². The highest BCUT2D eigenvalue weighted by atomic mass is 16.5. The summed E-state index contributed by atoms with van der Waals surface area (Å²) in [6.07, 6.45) is 22.5. The van der Waals surface area contributed by atoms with Crippen molar-refractivity contribution < 1.29 is 14.6 Å². The Morgan fingerprint density at radius 2 is 1.29 bits per heavy atom. The lowest BCUT2D eigenvalue weighted by Gasteiger charge is -2.04. The summed E-state index contributed by atoms with van der Waals surface area (Å²) < 4.78 is 5.25. The minimum absolute atomic E-state index is 0.156. The minimum Gasteiger partial charge on any atom is -0.508 e. The number of hydrogen-bond acceptors (Lipinski definition) is 3. The first-order chi connectivity index (χ1) is 13.7. The van der Waals surface area contributed by atoms with Crippen LogP contribution in [0.2, 0.25) is 0 Å². The molecule has 0 bridgehead atoms. The zero-order valence-electron chi connectivity index (χ0n) is 17.8. The van der Waals surface area contributed by atoms with Crippen molar-refractivity contribution in [3.8, 4) is 5.75 Å². The summed E-state index contributed by atoms with van der Waals surface area (Å²) in [4.78, 5) is 11.8. The highest BCUT2D eigenvalue weighted by Crippen LogP contribution is 2.12. The van der Waals surface area contributed by atoms with Gasteiger partial charge >= 0.3 is 5.97 Å². The molecule has 3 nitrogen and oxygen atoms in total. The maximum atomic E-state index is 11.8. The first-order valence-corrected chi connectivity index (χ1v) is 11.3. The van der Waals surface area contributed by atoms with Gasteiger partial charge in [0.1, 0.15) is 5.75 Å². The minimum atomic E-state index is -0.316. The van der Waals surface area contributed by atoms with Crippen LogP contribution in [0.15, 0.2) is 36.4 Å². The SMILES string of the molecule is CCCCCCCCCC/C=C/CCCCCCOC(=O)c1ccc(O)cc1. The molecule has 0 heterocycles. The molecule has 0 amide bonds. The third kappa shape index (κ3) is 13.4. The Morgan fingerprint density at radius 3 is 1.86 bits per heavy atom. The summed E-state index contributed by atoms with van der Waals surface area (Å²) in [5.74, 6) is -0.160. The van der Waals surface area contributed by atoms with Crippen LogP contribution >= 0.6 is 0 Å². The Bertz CT molecular complexity index is 519. The second-order valence-corrected chi connectivity index (χ2v) is 7.62. The molecule has 28 heavy (non-hydrogen) atoms. The van der Waals surface area contributed by atoms with Gasteiger partial charge in [0.2, 0.25) is 0 Å². The molecule has 0 fully saturated rings. The molecule has 0 atom stereocenters. The van der Waals surface area contributed by atoms with E-state index in [1.807, 2.05) is 0 Å². The van der Waals surface area contributed by atoms with Crippen LogP contribution in [0.25, 0.3) is 0 Å². The summed E-state index contributed by atoms with van der Waals surface area (Å²) in [6, 6.07) is 6.16. The Kier molecular flexibility index (Phi) is 15.0. The van der Waals surface area contributed by atoms with E-state index in [0.717, 1.165) is 19.3 Å². The number of hydrogen-bond donors (Lipinski definition) is 1. The fourth-order valence-corrected chi connectivity index (χ4v) is 3.20. The maximum absolute atomic E-state index is 11.8. The molecule has 3 heteroatoms. The van der Waals surface area contributed by atoms with E-state index < -0.39 is 0 Å². The maximum Gasteiger partial charge on any atom is 0.338 e. The zero-order chi connectivity index (χ0) is 20.3. The van der Waals surface area contributed by atoms with Crippen molar-refractivity contribution in [2.75, 3.05) is 6.61 Å². The number of carbonyl (C=O) groups is 1. The fourth-order valence-electron chi connectivity index (χ4n) is 3.20. The number of aromatic hydroxyl groups is 1. The van der Waals surface area contributed by atoms with Crippen LogP contribution in [0, 0.1) is 0 Å². The molecule has 0 saturated heterocycles. The Labute approximate surface area is 172 Å². The molecule has 0 saturated carbocycles. The molecule has 158 valence electrons. The van der Waals surface area contributed by atoms with Crippen molar-refractivity contribution in [2.24, 2.45) is 0 Å². The van der Waals surface area contributed by atoms with Crippen LogP contribution in [0.5, 0.6) is 5.75 Å². The van der Waals surface area contributed by atoms with E-state index in [4.69, 9.17) is 4.74 Å². The zero-order valence-corrected chi connectivity index (χ0v) is 17.8. The third-order valence-corrected chi connectivity index (χ3v) is 4.99. The van der Waals surface area contributed by atoms with Gasteiger partial charge in [0.25, 0.3) is 0 Å². The molecule has 0 unspecified atom stereocenters. The number of carbonyl (C=O) groups excluding carboxylic acids is 1. The lowest BCUT2D eigenvalue weighted by atomic mass is 10.1. The first-order valence-electron chi connectivity index (χ1n) is 11.3. The monoisotopic (exact) mass is 388 g/mol.